The zero-order valence-electron chi connectivity index (χ0n) is 10.3. The van der Waals surface area contributed by atoms with Gasteiger partial charge in [-0.2, -0.15) is 5.10 Å². The van der Waals surface area contributed by atoms with Gasteiger partial charge in [-0.05, 0) is 30.5 Å². The van der Waals surface area contributed by atoms with Crippen molar-refractivity contribution in [2.75, 3.05) is 0 Å². The summed E-state index contributed by atoms with van der Waals surface area (Å²) in [6, 6.07) is 8.18. The maximum Gasteiger partial charge on any atom is 0.0522 e. The van der Waals surface area contributed by atoms with Crippen molar-refractivity contribution in [1.82, 2.24) is 15.2 Å². The lowest BCUT2D eigenvalue weighted by Gasteiger charge is -2.16. The van der Waals surface area contributed by atoms with E-state index in [9.17, 15) is 0 Å². The number of hydrogen-bond donors (Lipinski definition) is 2. The minimum Gasteiger partial charge on any atom is -0.273 e. The van der Waals surface area contributed by atoms with Crippen molar-refractivity contribution in [1.29, 1.82) is 0 Å². The molecule has 1 atom stereocenters. The van der Waals surface area contributed by atoms with Gasteiger partial charge in [-0.25, -0.2) is 0 Å². The van der Waals surface area contributed by atoms with E-state index in [1.54, 1.807) is 0 Å². The first kappa shape index (κ1) is 13.3. The van der Waals surface area contributed by atoms with Gasteiger partial charge in [-0.15, -0.1) is 0 Å². The summed E-state index contributed by atoms with van der Waals surface area (Å²) in [5, 5.41) is 4.27. The van der Waals surface area contributed by atoms with Gasteiger partial charge in [-0.3, -0.25) is 16.0 Å². The van der Waals surface area contributed by atoms with E-state index >= 15 is 0 Å². The van der Waals surface area contributed by atoms with Crippen LogP contribution < -0.4 is 11.3 Å². The fraction of sp³-hybridized carbons (Fsp3) is 0.308. The highest BCUT2D eigenvalue weighted by atomic mass is 79.9. The first-order valence-corrected chi connectivity index (χ1v) is 6.75. The Morgan fingerprint density at radius 3 is 2.83 bits per heavy atom. The van der Waals surface area contributed by atoms with Crippen LogP contribution >= 0.6 is 15.9 Å². The molecule has 1 unspecified atom stereocenters. The molecule has 1 aromatic carbocycles. The Morgan fingerprint density at radius 1 is 1.44 bits per heavy atom. The summed E-state index contributed by atoms with van der Waals surface area (Å²) in [7, 11) is 0. The number of hydrazine groups is 1. The van der Waals surface area contributed by atoms with Crippen molar-refractivity contribution in [3.63, 3.8) is 0 Å². The normalized spacial score (nSPS) is 12.6. The number of benzene rings is 1. The molecule has 0 saturated carbocycles. The Labute approximate surface area is 115 Å². The smallest absolute Gasteiger partial charge is 0.0522 e. The zero-order valence-corrected chi connectivity index (χ0v) is 11.9. The van der Waals surface area contributed by atoms with E-state index < -0.39 is 0 Å². The molecule has 0 amide bonds. The van der Waals surface area contributed by atoms with Crippen molar-refractivity contribution < 1.29 is 0 Å². The van der Waals surface area contributed by atoms with Crippen molar-refractivity contribution in [3.05, 3.63) is 52.3 Å². The summed E-state index contributed by atoms with van der Waals surface area (Å²) in [5.74, 6) is 5.66. The molecule has 0 aliphatic carbocycles. The molecule has 96 valence electrons. The lowest BCUT2D eigenvalue weighted by Crippen LogP contribution is -2.29. The van der Waals surface area contributed by atoms with Crippen LogP contribution in [0.2, 0.25) is 0 Å². The van der Waals surface area contributed by atoms with Crippen LogP contribution in [0.4, 0.5) is 0 Å². The van der Waals surface area contributed by atoms with Crippen molar-refractivity contribution in [2.45, 2.75) is 25.9 Å². The van der Waals surface area contributed by atoms with E-state index in [0.717, 1.165) is 23.0 Å². The Balaban J connectivity index is 2.17. The molecule has 0 spiro atoms. The average molecular weight is 309 g/mol. The van der Waals surface area contributed by atoms with Gasteiger partial charge in [0.2, 0.25) is 0 Å². The molecule has 18 heavy (non-hydrogen) atoms. The molecular formula is C13H17BrN4. The van der Waals surface area contributed by atoms with Crippen molar-refractivity contribution >= 4 is 15.9 Å². The number of aromatic nitrogens is 2. The highest BCUT2D eigenvalue weighted by Gasteiger charge is 2.14. The quantitative estimate of drug-likeness (QED) is 0.659. The number of hydrogen-bond acceptors (Lipinski definition) is 3. The monoisotopic (exact) mass is 308 g/mol. The van der Waals surface area contributed by atoms with E-state index in [1.165, 1.54) is 5.56 Å². The second kappa shape index (κ2) is 6.13. The molecule has 5 heteroatoms. The molecule has 0 radical (unpaired) electrons. The molecule has 2 rings (SSSR count). The summed E-state index contributed by atoms with van der Waals surface area (Å²) in [6.45, 7) is 2.96. The number of nitrogens with two attached hydrogens (primary N) is 1. The topological polar surface area (TPSA) is 55.9 Å². The fourth-order valence-corrected chi connectivity index (χ4v) is 2.50. The lowest BCUT2D eigenvalue weighted by atomic mass is 10.0. The van der Waals surface area contributed by atoms with Crippen LogP contribution in [-0.2, 0) is 13.0 Å². The maximum absolute atomic E-state index is 5.66. The van der Waals surface area contributed by atoms with E-state index in [4.69, 9.17) is 5.84 Å². The maximum atomic E-state index is 5.66. The van der Waals surface area contributed by atoms with E-state index in [0.29, 0.717) is 0 Å². The average Bonchev–Trinajstić information content (AvgIpc) is 2.85. The van der Waals surface area contributed by atoms with Gasteiger partial charge >= 0.3 is 0 Å². The summed E-state index contributed by atoms with van der Waals surface area (Å²) in [6.07, 6.45) is 4.77. The molecule has 2 aromatic rings. The minimum absolute atomic E-state index is 0.0788. The van der Waals surface area contributed by atoms with E-state index in [-0.39, 0.29) is 6.04 Å². The highest BCUT2D eigenvalue weighted by molar-refractivity contribution is 9.10. The Bertz CT molecular complexity index is 509. The third-order valence-electron chi connectivity index (χ3n) is 2.93. The summed E-state index contributed by atoms with van der Waals surface area (Å²) < 4.78 is 2.99. The van der Waals surface area contributed by atoms with Gasteiger partial charge in [0.25, 0.3) is 0 Å². The largest absolute Gasteiger partial charge is 0.273 e. The fourth-order valence-electron chi connectivity index (χ4n) is 1.94. The predicted molar refractivity (Wildman–Crippen MR) is 75.8 cm³/mol. The second-order valence-electron chi connectivity index (χ2n) is 4.15. The van der Waals surface area contributed by atoms with Gasteiger partial charge in [0.15, 0.2) is 0 Å². The molecule has 0 bridgehead atoms. The number of halogens is 1. The molecule has 0 aliphatic rings. The first-order valence-electron chi connectivity index (χ1n) is 5.96. The van der Waals surface area contributed by atoms with Gasteiger partial charge in [0, 0.05) is 17.2 Å². The van der Waals surface area contributed by atoms with Crippen LogP contribution in [0.3, 0.4) is 0 Å². The standard InChI is InChI=1S/C13H17BrN4/c1-2-18-9-10(8-16-18)7-13(17-15)11-5-3-4-6-12(11)14/h3-6,8-9,13,17H,2,7,15H2,1H3. The van der Waals surface area contributed by atoms with Gasteiger partial charge in [-0.1, -0.05) is 34.1 Å². The number of aryl methyl sites for hydroxylation is 1. The molecule has 0 fully saturated rings. The number of nitrogens with zero attached hydrogens (tertiary/aromatic N) is 2. The van der Waals surface area contributed by atoms with Crippen LogP contribution in [0.5, 0.6) is 0 Å². The third kappa shape index (κ3) is 2.98. The minimum atomic E-state index is 0.0788. The molecular weight excluding hydrogens is 292 g/mol. The summed E-state index contributed by atoms with van der Waals surface area (Å²) in [5.41, 5.74) is 5.20. The summed E-state index contributed by atoms with van der Waals surface area (Å²) in [4.78, 5) is 0. The van der Waals surface area contributed by atoms with E-state index in [1.807, 2.05) is 29.1 Å². The number of nitrogens with one attached hydrogen (secondary N) is 1. The molecule has 0 aliphatic heterocycles. The van der Waals surface area contributed by atoms with Crippen LogP contribution in [0.15, 0.2) is 41.1 Å². The predicted octanol–water partition coefficient (Wildman–Crippen LogP) is 2.41. The lowest BCUT2D eigenvalue weighted by molar-refractivity contribution is 0.549. The first-order chi connectivity index (χ1) is 8.74. The SMILES string of the molecule is CCn1cc(CC(NN)c2ccccc2Br)cn1. The molecule has 0 saturated heterocycles. The molecule has 1 aromatic heterocycles. The van der Waals surface area contributed by atoms with Gasteiger partial charge < -0.3 is 0 Å². The Hall–Kier alpha value is -1.17. The van der Waals surface area contributed by atoms with Crippen LogP contribution in [-0.4, -0.2) is 9.78 Å². The third-order valence-corrected chi connectivity index (χ3v) is 3.65. The molecule has 4 nitrogen and oxygen atoms in total. The van der Waals surface area contributed by atoms with Crippen molar-refractivity contribution in [2.24, 2.45) is 5.84 Å². The summed E-state index contributed by atoms with van der Waals surface area (Å²) >= 11 is 3.55. The second-order valence-corrected chi connectivity index (χ2v) is 5.00. The highest BCUT2D eigenvalue weighted by Crippen LogP contribution is 2.25. The van der Waals surface area contributed by atoms with Gasteiger partial charge in [0.1, 0.15) is 0 Å². The molecule has 3 N–H and O–H groups in total. The van der Waals surface area contributed by atoms with Crippen molar-refractivity contribution in [3.8, 4) is 0 Å². The van der Waals surface area contributed by atoms with E-state index in [2.05, 4.69) is 45.6 Å². The van der Waals surface area contributed by atoms with Crippen LogP contribution in [0.25, 0.3) is 0 Å². The zero-order chi connectivity index (χ0) is 13.0. The molecule has 1 heterocycles. The Kier molecular flexibility index (Phi) is 4.52. The number of rotatable bonds is 5. The van der Waals surface area contributed by atoms with Gasteiger partial charge in [0.05, 0.1) is 12.2 Å². The van der Waals surface area contributed by atoms with Crippen LogP contribution in [0, 0.1) is 0 Å². The van der Waals surface area contributed by atoms with Crippen LogP contribution in [0.1, 0.15) is 24.1 Å². The Morgan fingerprint density at radius 2 is 2.22 bits per heavy atom.